The molecule has 1 aromatic rings. The predicted octanol–water partition coefficient (Wildman–Crippen LogP) is 15.5. The zero-order valence-corrected chi connectivity index (χ0v) is 38.1. The minimum absolute atomic E-state index is 0.0761. The number of rotatable bonds is 42. The van der Waals surface area contributed by atoms with Crippen molar-refractivity contribution in [3.63, 3.8) is 0 Å². The molecule has 0 aliphatic carbocycles. The summed E-state index contributed by atoms with van der Waals surface area (Å²) in [7, 11) is 4.21. The van der Waals surface area contributed by atoms with Gasteiger partial charge in [0.15, 0.2) is 0 Å². The predicted molar refractivity (Wildman–Crippen MR) is 243 cm³/mol. The molecule has 1 aromatic carbocycles. The first-order chi connectivity index (χ1) is 27.4. The molecule has 0 atom stereocenters. The van der Waals surface area contributed by atoms with Gasteiger partial charge in [-0.3, -0.25) is 4.79 Å². The molecule has 0 saturated carbocycles. The number of allylic oxidation sites excluding steroid dienone is 1. The van der Waals surface area contributed by atoms with Crippen LogP contribution in [-0.2, 0) is 27.3 Å². The molecule has 0 aliphatic heterocycles. The maximum Gasteiger partial charge on any atom is 0.308 e. The van der Waals surface area contributed by atoms with Crippen molar-refractivity contribution in [3.8, 4) is 5.75 Å². The van der Waals surface area contributed by atoms with E-state index in [1.165, 1.54) is 153 Å². The fourth-order valence-electron chi connectivity index (χ4n) is 7.63. The minimum atomic E-state index is 0.0761. The van der Waals surface area contributed by atoms with E-state index in [0.717, 1.165) is 88.0 Å². The van der Waals surface area contributed by atoms with Crippen LogP contribution in [0.15, 0.2) is 30.5 Å². The second-order valence-electron chi connectivity index (χ2n) is 17.2. The highest BCUT2D eigenvalue weighted by molar-refractivity contribution is 5.72. The van der Waals surface area contributed by atoms with Crippen LogP contribution in [0.2, 0.25) is 0 Å². The van der Waals surface area contributed by atoms with Crippen molar-refractivity contribution in [2.45, 2.75) is 233 Å². The summed E-state index contributed by atoms with van der Waals surface area (Å²) in [5.41, 5.74) is 2.48. The molecule has 5 nitrogen and oxygen atoms in total. The lowest BCUT2D eigenvalue weighted by atomic mass is 9.94. The second-order valence-corrected chi connectivity index (χ2v) is 17.2. The maximum atomic E-state index is 13.2. The Bertz CT molecular complexity index is 1020. The monoisotopic (exact) mass is 784 g/mol. The molecule has 0 aromatic heterocycles. The highest BCUT2D eigenvalue weighted by atomic mass is 16.5. The van der Waals surface area contributed by atoms with E-state index in [1.54, 1.807) is 0 Å². The second kappa shape index (κ2) is 38.5. The van der Waals surface area contributed by atoms with Gasteiger partial charge >= 0.3 is 5.97 Å². The number of carbonyl (C=O) groups is 1. The van der Waals surface area contributed by atoms with Crippen molar-refractivity contribution >= 4 is 5.97 Å². The lowest BCUT2D eigenvalue weighted by Crippen LogP contribution is -2.18. The van der Waals surface area contributed by atoms with Gasteiger partial charge in [-0.15, -0.1) is 0 Å². The molecule has 0 amide bonds. The summed E-state index contributed by atoms with van der Waals surface area (Å²) in [6.45, 7) is 13.9. The van der Waals surface area contributed by atoms with Gasteiger partial charge in [0, 0.05) is 12.0 Å². The summed E-state index contributed by atoms with van der Waals surface area (Å²) in [6.07, 6.45) is 39.2. The van der Waals surface area contributed by atoms with Gasteiger partial charge in [0.25, 0.3) is 0 Å². The number of aryl methyl sites for hydroxylation is 1. The van der Waals surface area contributed by atoms with E-state index >= 15 is 0 Å². The first-order valence-electron chi connectivity index (χ1n) is 24.3. The fourth-order valence-corrected chi connectivity index (χ4v) is 7.63. The van der Waals surface area contributed by atoms with E-state index in [9.17, 15) is 4.79 Å². The molecule has 5 heteroatoms. The normalized spacial score (nSPS) is 11.5. The Morgan fingerprint density at radius 2 is 1.07 bits per heavy atom. The van der Waals surface area contributed by atoms with Crippen LogP contribution in [0.3, 0.4) is 0 Å². The smallest absolute Gasteiger partial charge is 0.308 e. The number of carbonyl (C=O) groups excluding carboxylic acids is 1. The Morgan fingerprint density at radius 3 is 1.61 bits per heavy atom. The van der Waals surface area contributed by atoms with E-state index in [4.69, 9.17) is 14.2 Å². The van der Waals surface area contributed by atoms with Crippen LogP contribution in [0.5, 0.6) is 5.75 Å². The van der Waals surface area contributed by atoms with E-state index < -0.39 is 0 Å². The summed E-state index contributed by atoms with van der Waals surface area (Å²) in [6, 6.07) is 6.69. The summed E-state index contributed by atoms with van der Waals surface area (Å²) in [5, 5.41) is 0. The number of unbranched alkanes of at least 4 members (excludes halogenated alkanes) is 23. The van der Waals surface area contributed by atoms with E-state index in [1.807, 2.05) is 0 Å². The Labute approximate surface area is 348 Å². The maximum absolute atomic E-state index is 13.2. The molecule has 0 N–H and O–H groups in total. The molecule has 56 heavy (non-hydrogen) atoms. The Balaban J connectivity index is 2.47. The number of hydrogen-bond donors (Lipinski definition) is 0. The van der Waals surface area contributed by atoms with Crippen molar-refractivity contribution in [1.82, 2.24) is 4.90 Å². The first-order valence-corrected chi connectivity index (χ1v) is 24.3. The molecule has 0 bridgehead atoms. The molecule has 326 valence electrons. The van der Waals surface area contributed by atoms with Gasteiger partial charge in [-0.25, -0.2) is 0 Å². The molecule has 0 radical (unpaired) electrons. The van der Waals surface area contributed by atoms with E-state index in [-0.39, 0.29) is 11.9 Å². The molecule has 0 spiro atoms. The number of nitrogens with zero attached hydrogens (tertiary/aromatic N) is 1. The summed E-state index contributed by atoms with van der Waals surface area (Å²) in [5.74, 6) is 1.98. The van der Waals surface area contributed by atoms with Gasteiger partial charge in [0.05, 0.1) is 24.9 Å². The minimum Gasteiger partial charge on any atom is -0.494 e. The zero-order chi connectivity index (χ0) is 40.7. The summed E-state index contributed by atoms with van der Waals surface area (Å²) >= 11 is 0. The fraction of sp³-hybridized carbons (Fsp3) is 0.824. The molecular weight excluding hydrogens is 691 g/mol. The lowest BCUT2D eigenvalue weighted by molar-refractivity contribution is -0.149. The van der Waals surface area contributed by atoms with Crippen LogP contribution >= 0.6 is 0 Å². The molecule has 0 saturated heterocycles. The molecule has 0 aliphatic rings. The quantitative estimate of drug-likeness (QED) is 0.0375. The van der Waals surface area contributed by atoms with Gasteiger partial charge in [0.2, 0.25) is 0 Å². The van der Waals surface area contributed by atoms with Crippen molar-refractivity contribution in [3.05, 3.63) is 41.7 Å². The molecule has 0 heterocycles. The van der Waals surface area contributed by atoms with Crippen LogP contribution < -0.4 is 4.74 Å². The van der Waals surface area contributed by atoms with Crippen molar-refractivity contribution in [2.24, 2.45) is 5.92 Å². The molecular formula is C51H93NO4. The number of ether oxygens (including phenoxy) is 3. The highest BCUT2D eigenvalue weighted by Gasteiger charge is 2.19. The lowest BCUT2D eigenvalue weighted by Gasteiger charge is -2.16. The van der Waals surface area contributed by atoms with Crippen LogP contribution in [0.4, 0.5) is 0 Å². The third kappa shape index (κ3) is 31.0. The average Bonchev–Trinajstić information content (AvgIpc) is 3.19. The topological polar surface area (TPSA) is 48.0 Å². The van der Waals surface area contributed by atoms with Crippen LogP contribution in [-0.4, -0.2) is 44.7 Å². The third-order valence-electron chi connectivity index (χ3n) is 11.4. The van der Waals surface area contributed by atoms with E-state index in [2.05, 4.69) is 64.5 Å². The third-order valence-corrected chi connectivity index (χ3v) is 11.4. The van der Waals surface area contributed by atoms with Crippen LogP contribution in [0, 0.1) is 5.92 Å². The Morgan fingerprint density at radius 1 is 0.589 bits per heavy atom. The average molecular weight is 784 g/mol. The van der Waals surface area contributed by atoms with Gasteiger partial charge in [-0.2, -0.15) is 0 Å². The summed E-state index contributed by atoms with van der Waals surface area (Å²) < 4.78 is 18.3. The zero-order valence-electron chi connectivity index (χ0n) is 38.1. The molecule has 0 unspecified atom stereocenters. The number of esters is 1. The molecule has 0 fully saturated rings. The Hall–Kier alpha value is -2.01. The van der Waals surface area contributed by atoms with E-state index in [0.29, 0.717) is 13.2 Å². The highest BCUT2D eigenvalue weighted by Crippen LogP contribution is 2.25. The Kier molecular flexibility index (Phi) is 35.8. The van der Waals surface area contributed by atoms with Crippen molar-refractivity contribution < 1.29 is 19.0 Å². The standard InChI is InChI=1S/C51H93NO4/c1-7-10-13-16-19-21-25-30-37-48(38-31-26-22-20-17-14-11-8-2)51(53)55-43-33-28-23-24-29-36-47-39-40-50(54-42-32-27-18-15-12-9-3)49(44-47)45-56-46(4)35-34-41-52(5)6/h39-40,44,48H,4,7-38,41-43,45H2,1-3,5-6H3. The van der Waals surface area contributed by atoms with Crippen LogP contribution in [0.1, 0.15) is 231 Å². The van der Waals surface area contributed by atoms with Crippen molar-refractivity contribution in [2.75, 3.05) is 33.9 Å². The first kappa shape index (κ1) is 52.0. The number of hydrogen-bond acceptors (Lipinski definition) is 5. The molecule has 1 rings (SSSR count). The summed E-state index contributed by atoms with van der Waals surface area (Å²) in [4.78, 5) is 15.4. The van der Waals surface area contributed by atoms with Crippen molar-refractivity contribution in [1.29, 1.82) is 0 Å². The van der Waals surface area contributed by atoms with Gasteiger partial charge < -0.3 is 19.1 Å². The largest absolute Gasteiger partial charge is 0.494 e. The van der Waals surface area contributed by atoms with Gasteiger partial charge in [-0.05, 0) is 83.3 Å². The SMILES string of the molecule is C=C(CCCN(C)C)OCc1cc(CCCCCCCOC(=O)C(CCCCCCCCCC)CCCCCCCCCC)ccc1OCCCCCCCC. The van der Waals surface area contributed by atoms with Crippen LogP contribution in [0.25, 0.3) is 0 Å². The number of benzene rings is 1. The van der Waals surface area contributed by atoms with Gasteiger partial charge in [0.1, 0.15) is 12.4 Å². The van der Waals surface area contributed by atoms with Gasteiger partial charge in [-0.1, -0.05) is 188 Å².